The average Bonchev–Trinajstić information content (AvgIpc) is 2.14. The second kappa shape index (κ2) is 4.40. The zero-order chi connectivity index (χ0) is 12.5. The van der Waals surface area contributed by atoms with Gasteiger partial charge in [0, 0.05) is 0 Å². The predicted molar refractivity (Wildman–Crippen MR) is 65.4 cm³/mol. The summed E-state index contributed by atoms with van der Waals surface area (Å²) in [5.41, 5.74) is 0.200. The summed E-state index contributed by atoms with van der Waals surface area (Å²) < 4.78 is 5.61. The summed E-state index contributed by atoms with van der Waals surface area (Å²) in [7, 11) is 0. The van der Waals surface area contributed by atoms with Gasteiger partial charge in [-0.1, -0.05) is 18.6 Å². The van der Waals surface area contributed by atoms with E-state index < -0.39 is 11.4 Å². The Kier molecular flexibility index (Phi) is 3.09. The molecule has 0 aliphatic heterocycles. The number of aliphatic carboxylic acids is 1. The highest BCUT2D eigenvalue weighted by Gasteiger charge is 2.45. The SMILES string of the molecule is CC(C)Oc1cccc(C2(C(=O)O)CCC2)c1. The third kappa shape index (κ3) is 2.14. The van der Waals surface area contributed by atoms with Crippen molar-refractivity contribution in [2.24, 2.45) is 0 Å². The van der Waals surface area contributed by atoms with Crippen LogP contribution < -0.4 is 4.74 Å². The van der Waals surface area contributed by atoms with Crippen LogP contribution in [0.1, 0.15) is 38.7 Å². The molecule has 0 aromatic heterocycles. The number of ether oxygens (including phenoxy) is 1. The van der Waals surface area contributed by atoms with Gasteiger partial charge in [-0.25, -0.2) is 0 Å². The summed E-state index contributed by atoms with van der Waals surface area (Å²) in [6.07, 6.45) is 2.55. The molecule has 1 N–H and O–H groups in total. The number of hydrogen-bond acceptors (Lipinski definition) is 2. The van der Waals surface area contributed by atoms with E-state index in [0.29, 0.717) is 0 Å². The van der Waals surface area contributed by atoms with Crippen molar-refractivity contribution >= 4 is 5.97 Å². The average molecular weight is 234 g/mol. The first-order valence-electron chi connectivity index (χ1n) is 6.05. The minimum absolute atomic E-state index is 0.104. The molecule has 1 saturated carbocycles. The molecule has 1 aromatic rings. The van der Waals surface area contributed by atoms with Crippen LogP contribution >= 0.6 is 0 Å². The van der Waals surface area contributed by atoms with Crippen molar-refractivity contribution in [1.82, 2.24) is 0 Å². The number of carboxylic acid groups (broad SMARTS) is 1. The Morgan fingerprint density at radius 3 is 2.59 bits per heavy atom. The van der Waals surface area contributed by atoms with E-state index in [4.69, 9.17) is 4.74 Å². The van der Waals surface area contributed by atoms with Crippen molar-refractivity contribution in [1.29, 1.82) is 0 Å². The van der Waals surface area contributed by atoms with E-state index in [0.717, 1.165) is 30.6 Å². The highest BCUT2D eigenvalue weighted by atomic mass is 16.5. The first-order chi connectivity index (χ1) is 8.04. The predicted octanol–water partition coefficient (Wildman–Crippen LogP) is 2.98. The number of carbonyl (C=O) groups is 1. The fourth-order valence-electron chi connectivity index (χ4n) is 2.30. The van der Waals surface area contributed by atoms with Crippen molar-refractivity contribution in [3.05, 3.63) is 29.8 Å². The number of carboxylic acids is 1. The first kappa shape index (κ1) is 12.0. The van der Waals surface area contributed by atoms with Crippen LogP contribution in [0.2, 0.25) is 0 Å². The Hall–Kier alpha value is -1.51. The van der Waals surface area contributed by atoms with Gasteiger partial charge in [0.1, 0.15) is 5.75 Å². The smallest absolute Gasteiger partial charge is 0.314 e. The van der Waals surface area contributed by atoms with Gasteiger partial charge in [0.2, 0.25) is 0 Å². The molecule has 92 valence electrons. The Morgan fingerprint density at radius 2 is 2.12 bits per heavy atom. The van der Waals surface area contributed by atoms with Gasteiger partial charge in [0.15, 0.2) is 0 Å². The molecule has 1 aliphatic carbocycles. The topological polar surface area (TPSA) is 46.5 Å². The molecule has 0 saturated heterocycles. The van der Waals surface area contributed by atoms with Gasteiger partial charge < -0.3 is 9.84 Å². The van der Waals surface area contributed by atoms with E-state index in [1.807, 2.05) is 38.1 Å². The van der Waals surface area contributed by atoms with Crippen molar-refractivity contribution in [2.45, 2.75) is 44.6 Å². The third-order valence-corrected chi connectivity index (χ3v) is 3.37. The fraction of sp³-hybridized carbons (Fsp3) is 0.500. The van der Waals surface area contributed by atoms with E-state index in [1.54, 1.807) is 0 Å². The van der Waals surface area contributed by atoms with Gasteiger partial charge in [-0.3, -0.25) is 4.79 Å². The number of benzene rings is 1. The standard InChI is InChI=1S/C14H18O3/c1-10(2)17-12-6-3-5-11(9-12)14(13(15)16)7-4-8-14/h3,5-6,9-10H,4,7-8H2,1-2H3,(H,15,16). The Labute approximate surface area is 101 Å². The largest absolute Gasteiger partial charge is 0.491 e. The molecule has 1 aliphatic rings. The van der Waals surface area contributed by atoms with E-state index in [2.05, 4.69) is 0 Å². The van der Waals surface area contributed by atoms with E-state index in [-0.39, 0.29) is 6.10 Å². The summed E-state index contributed by atoms with van der Waals surface area (Å²) in [6, 6.07) is 7.50. The lowest BCUT2D eigenvalue weighted by Gasteiger charge is -2.38. The minimum Gasteiger partial charge on any atom is -0.491 e. The second-order valence-corrected chi connectivity index (χ2v) is 4.94. The lowest BCUT2D eigenvalue weighted by atomic mass is 9.64. The Balaban J connectivity index is 2.29. The maximum absolute atomic E-state index is 11.4. The minimum atomic E-state index is -0.717. The summed E-state index contributed by atoms with van der Waals surface area (Å²) >= 11 is 0. The van der Waals surface area contributed by atoms with E-state index >= 15 is 0 Å². The van der Waals surface area contributed by atoms with Gasteiger partial charge >= 0.3 is 5.97 Å². The van der Waals surface area contributed by atoms with Crippen LogP contribution in [0, 0.1) is 0 Å². The highest BCUT2D eigenvalue weighted by Crippen LogP contribution is 2.44. The van der Waals surface area contributed by atoms with Crippen LogP contribution in [-0.4, -0.2) is 17.2 Å². The molecule has 0 atom stereocenters. The molecule has 0 spiro atoms. The molecule has 1 aromatic carbocycles. The number of rotatable bonds is 4. The van der Waals surface area contributed by atoms with Crippen LogP contribution in [0.25, 0.3) is 0 Å². The zero-order valence-corrected chi connectivity index (χ0v) is 10.3. The summed E-state index contributed by atoms with van der Waals surface area (Å²) in [5.74, 6) is 0.0375. The Morgan fingerprint density at radius 1 is 1.41 bits per heavy atom. The molecule has 0 bridgehead atoms. The van der Waals surface area contributed by atoms with Crippen LogP contribution in [0.4, 0.5) is 0 Å². The van der Waals surface area contributed by atoms with Crippen LogP contribution in [0.15, 0.2) is 24.3 Å². The monoisotopic (exact) mass is 234 g/mol. The van der Waals surface area contributed by atoms with Crippen molar-refractivity contribution in [3.8, 4) is 5.75 Å². The van der Waals surface area contributed by atoms with Gasteiger partial charge in [-0.15, -0.1) is 0 Å². The molecule has 2 rings (SSSR count). The fourth-order valence-corrected chi connectivity index (χ4v) is 2.30. The van der Waals surface area contributed by atoms with Crippen LogP contribution in [0.5, 0.6) is 5.75 Å². The van der Waals surface area contributed by atoms with Crippen LogP contribution in [0.3, 0.4) is 0 Å². The highest BCUT2D eigenvalue weighted by molar-refractivity contribution is 5.82. The number of hydrogen-bond donors (Lipinski definition) is 1. The van der Waals surface area contributed by atoms with Crippen LogP contribution in [-0.2, 0) is 10.2 Å². The molecule has 3 nitrogen and oxygen atoms in total. The van der Waals surface area contributed by atoms with E-state index in [9.17, 15) is 9.90 Å². The molecule has 0 unspecified atom stereocenters. The summed E-state index contributed by atoms with van der Waals surface area (Å²) in [6.45, 7) is 3.92. The van der Waals surface area contributed by atoms with Crippen molar-refractivity contribution in [3.63, 3.8) is 0 Å². The van der Waals surface area contributed by atoms with Gasteiger partial charge in [-0.05, 0) is 44.4 Å². The third-order valence-electron chi connectivity index (χ3n) is 3.37. The molecule has 3 heteroatoms. The van der Waals surface area contributed by atoms with Gasteiger partial charge in [0.05, 0.1) is 11.5 Å². The maximum Gasteiger partial charge on any atom is 0.314 e. The summed E-state index contributed by atoms with van der Waals surface area (Å²) in [4.78, 5) is 11.4. The quantitative estimate of drug-likeness (QED) is 0.871. The molecule has 1 fully saturated rings. The lowest BCUT2D eigenvalue weighted by Crippen LogP contribution is -2.42. The normalized spacial score (nSPS) is 17.6. The lowest BCUT2D eigenvalue weighted by molar-refractivity contribution is -0.147. The van der Waals surface area contributed by atoms with Crippen molar-refractivity contribution in [2.75, 3.05) is 0 Å². The maximum atomic E-state index is 11.4. The van der Waals surface area contributed by atoms with Gasteiger partial charge in [0.25, 0.3) is 0 Å². The molecule has 0 heterocycles. The Bertz CT molecular complexity index is 419. The van der Waals surface area contributed by atoms with Gasteiger partial charge in [-0.2, -0.15) is 0 Å². The molecule has 0 amide bonds. The van der Waals surface area contributed by atoms with Crippen molar-refractivity contribution < 1.29 is 14.6 Å². The molecular formula is C14H18O3. The van der Waals surface area contributed by atoms with E-state index in [1.165, 1.54) is 0 Å². The molecule has 17 heavy (non-hydrogen) atoms. The molecular weight excluding hydrogens is 216 g/mol. The first-order valence-corrected chi connectivity index (χ1v) is 6.05. The molecule has 0 radical (unpaired) electrons. The summed E-state index contributed by atoms with van der Waals surface area (Å²) in [5, 5.41) is 9.37. The second-order valence-electron chi connectivity index (χ2n) is 4.94. The zero-order valence-electron chi connectivity index (χ0n) is 10.3.